The number of hydrogen-bond acceptors (Lipinski definition) is 3. The maximum absolute atomic E-state index is 10.6. The molecule has 5 N–H and O–H groups in total. The van der Waals surface area contributed by atoms with Crippen molar-refractivity contribution in [2.24, 2.45) is 5.73 Å². The predicted molar refractivity (Wildman–Crippen MR) is 44.8 cm³/mol. The van der Waals surface area contributed by atoms with Crippen LogP contribution in [-0.4, -0.2) is 25.1 Å². The average Bonchev–Trinajstić information content (AvgIpc) is 1.81. The van der Waals surface area contributed by atoms with Crippen molar-refractivity contribution in [3.05, 3.63) is 0 Å². The Morgan fingerprint density at radius 1 is 1.58 bits per heavy atom. The molecule has 0 bridgehead atoms. The van der Waals surface area contributed by atoms with Crippen LogP contribution in [0.2, 0.25) is 0 Å². The minimum absolute atomic E-state index is 0.327. The third kappa shape index (κ3) is 3.64. The largest absolute Gasteiger partial charge is 0.481 e. The summed E-state index contributed by atoms with van der Waals surface area (Å²) in [7, 11) is -4.49. The number of nitrogens with two attached hydrogens (primary N) is 1. The number of rotatable bonds is 4. The van der Waals surface area contributed by atoms with E-state index in [0.29, 0.717) is 0 Å². The maximum Gasteiger partial charge on any atom is 0.356 e. The van der Waals surface area contributed by atoms with Crippen LogP contribution < -0.4 is 5.73 Å². The molecule has 0 aromatic carbocycles. The fourth-order valence-electron chi connectivity index (χ4n) is 0.428. The van der Waals surface area contributed by atoms with Gasteiger partial charge >= 0.3 is 13.6 Å². The lowest BCUT2D eigenvalue weighted by Crippen LogP contribution is -2.32. The summed E-state index contributed by atoms with van der Waals surface area (Å²) < 4.78 is 8.66. The summed E-state index contributed by atoms with van der Waals surface area (Å²) in [5, 5.41) is 8.21. The van der Waals surface area contributed by atoms with Crippen LogP contribution in [0.15, 0.2) is 0 Å². The molecule has 12 heavy (non-hydrogen) atoms. The third-order valence-corrected chi connectivity index (χ3v) is 4.15. The van der Waals surface area contributed by atoms with Gasteiger partial charge in [0.25, 0.3) is 0 Å². The highest BCUT2D eigenvalue weighted by Gasteiger charge is 2.40. The van der Waals surface area contributed by atoms with Crippen LogP contribution in [0.3, 0.4) is 0 Å². The van der Waals surface area contributed by atoms with Crippen molar-refractivity contribution in [1.82, 2.24) is 0 Å². The van der Waals surface area contributed by atoms with E-state index in [4.69, 9.17) is 20.6 Å². The SMILES string of the molecule is NC(Br)(CCC(=O)O)P(=O)(O)O. The normalized spacial score (nSPS) is 17.0. The number of alkyl halides is 1. The Kier molecular flexibility index (Phi) is 3.87. The molecule has 0 fully saturated rings. The number of aliphatic carboxylic acids is 1. The van der Waals surface area contributed by atoms with E-state index in [0.717, 1.165) is 0 Å². The van der Waals surface area contributed by atoms with Crippen molar-refractivity contribution < 1.29 is 24.3 Å². The van der Waals surface area contributed by atoms with Crippen LogP contribution in [0.4, 0.5) is 0 Å². The average molecular weight is 262 g/mol. The molecular weight excluding hydrogens is 253 g/mol. The number of hydrogen-bond donors (Lipinski definition) is 4. The van der Waals surface area contributed by atoms with E-state index in [-0.39, 0.29) is 6.42 Å². The summed E-state index contributed by atoms with van der Waals surface area (Å²) in [6.07, 6.45) is -0.723. The summed E-state index contributed by atoms with van der Waals surface area (Å²) in [5.74, 6) is -1.15. The van der Waals surface area contributed by atoms with Crippen LogP contribution in [0, 0.1) is 0 Å². The van der Waals surface area contributed by atoms with Crippen LogP contribution >= 0.6 is 23.5 Å². The summed E-state index contributed by atoms with van der Waals surface area (Å²) >= 11 is 2.58. The van der Waals surface area contributed by atoms with Crippen LogP contribution in [0.5, 0.6) is 0 Å². The van der Waals surface area contributed by atoms with Crippen molar-refractivity contribution in [3.63, 3.8) is 0 Å². The molecule has 0 spiro atoms. The van der Waals surface area contributed by atoms with Crippen molar-refractivity contribution in [3.8, 4) is 0 Å². The zero-order chi connectivity index (χ0) is 9.99. The molecule has 0 aliphatic carbocycles. The summed E-state index contributed by atoms with van der Waals surface area (Å²) in [6.45, 7) is 0. The van der Waals surface area contributed by atoms with Gasteiger partial charge in [-0.3, -0.25) is 9.36 Å². The van der Waals surface area contributed by atoms with Gasteiger partial charge < -0.3 is 20.6 Å². The lowest BCUT2D eigenvalue weighted by molar-refractivity contribution is -0.137. The Bertz CT molecular complexity index is 223. The van der Waals surface area contributed by atoms with Gasteiger partial charge in [0.1, 0.15) is 0 Å². The van der Waals surface area contributed by atoms with Crippen LogP contribution in [0.25, 0.3) is 0 Å². The van der Waals surface area contributed by atoms with E-state index in [1.54, 1.807) is 0 Å². The van der Waals surface area contributed by atoms with E-state index in [1.165, 1.54) is 0 Å². The van der Waals surface area contributed by atoms with Gasteiger partial charge in [0.05, 0.1) is 0 Å². The minimum atomic E-state index is -4.49. The molecule has 1 atom stereocenters. The molecule has 0 aliphatic heterocycles. The molecule has 8 heteroatoms. The first-order valence-corrected chi connectivity index (χ1v) is 5.32. The smallest absolute Gasteiger partial charge is 0.356 e. The molecule has 0 saturated carbocycles. The maximum atomic E-state index is 10.6. The monoisotopic (exact) mass is 261 g/mol. The molecule has 0 radical (unpaired) electrons. The van der Waals surface area contributed by atoms with Gasteiger partial charge in [0, 0.05) is 6.42 Å². The Morgan fingerprint density at radius 2 is 2.00 bits per heavy atom. The third-order valence-electron chi connectivity index (χ3n) is 1.17. The van der Waals surface area contributed by atoms with Crippen molar-refractivity contribution >= 4 is 29.5 Å². The molecule has 0 rings (SSSR count). The summed E-state index contributed by atoms with van der Waals surface area (Å²) in [4.78, 5) is 27.3. The Balaban J connectivity index is 4.24. The van der Waals surface area contributed by atoms with Gasteiger partial charge in [-0.05, 0) is 6.42 Å². The molecule has 0 amide bonds. The molecule has 0 aliphatic rings. The second kappa shape index (κ2) is 3.85. The van der Waals surface area contributed by atoms with Crippen molar-refractivity contribution in [2.45, 2.75) is 17.0 Å². The van der Waals surface area contributed by atoms with E-state index < -0.39 is 24.2 Å². The molecule has 0 aromatic rings. The number of carbonyl (C=O) groups is 1. The lowest BCUT2D eigenvalue weighted by Gasteiger charge is -2.22. The minimum Gasteiger partial charge on any atom is -0.481 e. The quantitative estimate of drug-likeness (QED) is 0.322. The van der Waals surface area contributed by atoms with Gasteiger partial charge in [-0.1, -0.05) is 15.9 Å². The van der Waals surface area contributed by atoms with Gasteiger partial charge in [0.2, 0.25) is 0 Å². The first kappa shape index (κ1) is 12.1. The topological polar surface area (TPSA) is 121 Å². The van der Waals surface area contributed by atoms with Crippen LogP contribution in [0.1, 0.15) is 12.8 Å². The number of halogens is 1. The Morgan fingerprint density at radius 3 is 2.25 bits per heavy atom. The first-order chi connectivity index (χ1) is 5.17. The first-order valence-electron chi connectivity index (χ1n) is 2.92. The zero-order valence-electron chi connectivity index (χ0n) is 5.97. The number of carboxylic acid groups (broad SMARTS) is 1. The van der Waals surface area contributed by atoms with E-state index in [9.17, 15) is 9.36 Å². The molecule has 1 unspecified atom stereocenters. The molecule has 72 valence electrons. The highest BCUT2D eigenvalue weighted by molar-refractivity contribution is 9.11. The second-order valence-electron chi connectivity index (χ2n) is 2.26. The zero-order valence-corrected chi connectivity index (χ0v) is 8.46. The van der Waals surface area contributed by atoms with Gasteiger partial charge in [0.15, 0.2) is 4.19 Å². The van der Waals surface area contributed by atoms with E-state index >= 15 is 0 Å². The molecule has 6 nitrogen and oxygen atoms in total. The van der Waals surface area contributed by atoms with Gasteiger partial charge in [-0.15, -0.1) is 0 Å². The summed E-state index contributed by atoms with van der Waals surface area (Å²) in [6, 6.07) is 0. The standard InChI is InChI=1S/C4H9BrNO5P/c5-4(6,12(9,10)11)2-1-3(7)8/h1-2,6H2,(H,7,8)(H2,9,10,11). The van der Waals surface area contributed by atoms with E-state index in [2.05, 4.69) is 15.9 Å². The van der Waals surface area contributed by atoms with Crippen molar-refractivity contribution in [1.29, 1.82) is 0 Å². The highest BCUT2D eigenvalue weighted by Crippen LogP contribution is 2.53. The molecule has 0 heterocycles. The second-order valence-corrected chi connectivity index (χ2v) is 6.17. The van der Waals surface area contributed by atoms with Crippen molar-refractivity contribution in [2.75, 3.05) is 0 Å². The lowest BCUT2D eigenvalue weighted by atomic mass is 10.3. The van der Waals surface area contributed by atoms with Gasteiger partial charge in [-0.25, -0.2) is 0 Å². The van der Waals surface area contributed by atoms with E-state index in [1.807, 2.05) is 0 Å². The predicted octanol–water partition coefficient (Wildman–Crippen LogP) is 0.0363. The summed E-state index contributed by atoms with van der Waals surface area (Å²) in [5.41, 5.74) is 5.13. The Labute approximate surface area is 77.0 Å². The number of carboxylic acids is 1. The molecule has 0 saturated heterocycles. The fraction of sp³-hybridized carbons (Fsp3) is 0.750. The molecule has 0 aromatic heterocycles. The Hall–Kier alpha value is 0.0600. The van der Waals surface area contributed by atoms with Crippen LogP contribution in [-0.2, 0) is 9.36 Å². The highest BCUT2D eigenvalue weighted by atomic mass is 79.9. The van der Waals surface area contributed by atoms with Gasteiger partial charge in [-0.2, -0.15) is 0 Å². The fourth-order valence-corrected chi connectivity index (χ4v) is 1.03. The molecular formula is C4H9BrNO5P.